The molecule has 174 valence electrons. The highest BCUT2D eigenvalue weighted by Gasteiger charge is 2.39. The molecule has 3 aromatic rings. The Morgan fingerprint density at radius 1 is 0.879 bits per heavy atom. The molecule has 0 amide bonds. The lowest BCUT2D eigenvalue weighted by Crippen LogP contribution is -2.49. The monoisotopic (exact) mass is 478 g/mol. The van der Waals surface area contributed by atoms with Crippen LogP contribution in [0.5, 0.6) is 0 Å². The van der Waals surface area contributed by atoms with Crippen LogP contribution in [0.15, 0.2) is 59.5 Å². The van der Waals surface area contributed by atoms with Gasteiger partial charge in [-0.2, -0.15) is 17.5 Å². The first-order valence-electron chi connectivity index (χ1n) is 10.1. The lowest BCUT2D eigenvalue weighted by Gasteiger charge is -2.34. The summed E-state index contributed by atoms with van der Waals surface area (Å²) >= 11 is 0. The number of aryl methyl sites for hydroxylation is 1. The van der Waals surface area contributed by atoms with E-state index < -0.39 is 26.7 Å². The zero-order chi connectivity index (χ0) is 23.6. The molecule has 0 spiro atoms. The van der Waals surface area contributed by atoms with Crippen LogP contribution >= 0.6 is 0 Å². The molecule has 4 rings (SSSR count). The molecule has 1 aliphatic heterocycles. The first-order chi connectivity index (χ1) is 15.6. The van der Waals surface area contributed by atoms with Crippen molar-refractivity contribution in [3.05, 3.63) is 65.9 Å². The molecule has 2 aromatic heterocycles. The number of rotatable bonds is 5. The van der Waals surface area contributed by atoms with E-state index in [4.69, 9.17) is 0 Å². The molecule has 1 aromatic carbocycles. The fourth-order valence-electron chi connectivity index (χ4n) is 3.53. The van der Waals surface area contributed by atoms with Crippen molar-refractivity contribution in [1.29, 1.82) is 0 Å². The third-order valence-electron chi connectivity index (χ3n) is 5.17. The van der Waals surface area contributed by atoms with E-state index in [9.17, 15) is 21.6 Å². The van der Waals surface area contributed by atoms with Crippen molar-refractivity contribution in [2.24, 2.45) is 0 Å². The zero-order valence-electron chi connectivity index (χ0n) is 17.6. The number of hydrogen-bond donors (Lipinski definition) is 1. The lowest BCUT2D eigenvalue weighted by atomic mass is 10.2. The first kappa shape index (κ1) is 22.9. The second-order valence-electron chi connectivity index (χ2n) is 7.45. The summed E-state index contributed by atoms with van der Waals surface area (Å²) in [6.07, 6.45) is -4.76. The molecule has 0 atom stereocenters. The molecule has 3 heterocycles. The molecule has 0 saturated carbocycles. The minimum absolute atomic E-state index is 0.0312. The summed E-state index contributed by atoms with van der Waals surface area (Å²) in [4.78, 5) is 5.44. The van der Waals surface area contributed by atoms with Gasteiger partial charge >= 0.3 is 6.18 Å². The SMILES string of the molecule is Cc1cccc(Nc2ccc(N3CCN(S(=O)(=O)c4ccccc4C(F)(F)F)CC3)nn2)n1. The van der Waals surface area contributed by atoms with Crippen LogP contribution in [0.4, 0.5) is 30.6 Å². The molecule has 0 radical (unpaired) electrons. The second kappa shape index (κ2) is 8.94. The van der Waals surface area contributed by atoms with E-state index >= 15 is 0 Å². The average molecular weight is 479 g/mol. The van der Waals surface area contributed by atoms with E-state index in [-0.39, 0.29) is 26.2 Å². The first-order valence-corrected chi connectivity index (χ1v) is 11.5. The van der Waals surface area contributed by atoms with Gasteiger partial charge in [0.1, 0.15) is 5.82 Å². The van der Waals surface area contributed by atoms with Gasteiger partial charge in [-0.3, -0.25) is 0 Å². The fourth-order valence-corrected chi connectivity index (χ4v) is 5.16. The van der Waals surface area contributed by atoms with E-state index in [0.717, 1.165) is 22.1 Å². The molecule has 33 heavy (non-hydrogen) atoms. The van der Waals surface area contributed by atoms with E-state index in [1.165, 1.54) is 12.1 Å². The van der Waals surface area contributed by atoms with E-state index in [1.54, 1.807) is 18.2 Å². The van der Waals surface area contributed by atoms with Gasteiger partial charge in [-0.25, -0.2) is 13.4 Å². The molecule has 1 aliphatic rings. The van der Waals surface area contributed by atoms with Gasteiger partial charge in [-0.05, 0) is 43.3 Å². The van der Waals surface area contributed by atoms with Crippen molar-refractivity contribution in [3.63, 3.8) is 0 Å². The van der Waals surface area contributed by atoms with E-state index in [2.05, 4.69) is 20.5 Å². The number of nitrogens with one attached hydrogen (secondary N) is 1. The summed E-state index contributed by atoms with van der Waals surface area (Å²) < 4.78 is 66.8. The van der Waals surface area contributed by atoms with E-state index in [0.29, 0.717) is 17.5 Å². The Morgan fingerprint density at radius 3 is 2.24 bits per heavy atom. The third-order valence-corrected chi connectivity index (χ3v) is 7.12. The van der Waals surface area contributed by atoms with Gasteiger partial charge in [0.05, 0.1) is 10.5 Å². The number of halogens is 3. The second-order valence-corrected chi connectivity index (χ2v) is 9.36. The normalized spacial score (nSPS) is 15.5. The zero-order valence-corrected chi connectivity index (χ0v) is 18.4. The number of piperazine rings is 1. The topological polar surface area (TPSA) is 91.3 Å². The Bertz CT molecular complexity index is 1230. The summed E-state index contributed by atoms with van der Waals surface area (Å²) in [6, 6.07) is 13.3. The van der Waals surface area contributed by atoms with Crippen LogP contribution in [-0.4, -0.2) is 54.1 Å². The number of hydrogen-bond acceptors (Lipinski definition) is 7. The number of aromatic nitrogens is 3. The molecule has 0 aliphatic carbocycles. The summed E-state index contributed by atoms with van der Waals surface area (Å²) in [7, 11) is -4.29. The van der Waals surface area contributed by atoms with E-state index in [1.807, 2.05) is 24.0 Å². The lowest BCUT2D eigenvalue weighted by molar-refractivity contribution is -0.139. The minimum atomic E-state index is -4.76. The van der Waals surface area contributed by atoms with Crippen molar-refractivity contribution < 1.29 is 21.6 Å². The smallest absolute Gasteiger partial charge is 0.352 e. The summed E-state index contributed by atoms with van der Waals surface area (Å²) in [5.74, 6) is 1.68. The van der Waals surface area contributed by atoms with Gasteiger partial charge in [0.15, 0.2) is 11.6 Å². The van der Waals surface area contributed by atoms with Crippen LogP contribution in [0.2, 0.25) is 0 Å². The molecular formula is C21H21F3N6O2S. The summed E-state index contributed by atoms with van der Waals surface area (Å²) in [5, 5.41) is 11.4. The molecule has 0 unspecified atom stereocenters. The molecule has 8 nitrogen and oxygen atoms in total. The Kier molecular flexibility index (Phi) is 6.21. The molecular weight excluding hydrogens is 457 g/mol. The maximum Gasteiger partial charge on any atom is 0.417 e. The number of nitrogens with zero attached hydrogens (tertiary/aromatic N) is 5. The molecule has 1 saturated heterocycles. The predicted octanol–water partition coefficient (Wildman–Crippen LogP) is 3.45. The minimum Gasteiger partial charge on any atom is -0.352 e. The highest BCUT2D eigenvalue weighted by atomic mass is 32.2. The van der Waals surface area contributed by atoms with Crippen molar-refractivity contribution in [3.8, 4) is 0 Å². The Balaban J connectivity index is 1.43. The van der Waals surface area contributed by atoms with Crippen LogP contribution in [0.25, 0.3) is 0 Å². The predicted molar refractivity (Wildman–Crippen MR) is 117 cm³/mol. The summed E-state index contributed by atoms with van der Waals surface area (Å²) in [5.41, 5.74) is -0.306. The number of alkyl halides is 3. The van der Waals surface area contributed by atoms with Gasteiger partial charge in [-0.1, -0.05) is 18.2 Å². The van der Waals surface area contributed by atoms with Crippen molar-refractivity contribution in [1.82, 2.24) is 19.5 Å². The standard InChI is InChI=1S/C21H21F3N6O2S/c1-15-5-4-8-18(25-15)26-19-9-10-20(28-27-19)29-11-13-30(14-12-29)33(31,32)17-7-3-2-6-16(17)21(22,23)24/h2-10H,11-14H2,1H3,(H,25,26,27). The highest BCUT2D eigenvalue weighted by molar-refractivity contribution is 7.89. The maximum atomic E-state index is 13.3. The molecule has 1 fully saturated rings. The number of benzene rings is 1. The van der Waals surface area contributed by atoms with Crippen LogP contribution in [0.3, 0.4) is 0 Å². The van der Waals surface area contributed by atoms with Crippen LogP contribution in [0.1, 0.15) is 11.3 Å². The number of anilines is 3. The molecule has 0 bridgehead atoms. The van der Waals surface area contributed by atoms with Gasteiger partial charge in [-0.15, -0.1) is 10.2 Å². The van der Waals surface area contributed by atoms with Gasteiger partial charge < -0.3 is 10.2 Å². The van der Waals surface area contributed by atoms with Crippen LogP contribution in [-0.2, 0) is 16.2 Å². The quantitative estimate of drug-likeness (QED) is 0.601. The maximum absolute atomic E-state index is 13.3. The highest BCUT2D eigenvalue weighted by Crippen LogP contribution is 2.35. The molecule has 12 heteroatoms. The van der Waals surface area contributed by atoms with Crippen molar-refractivity contribution in [2.45, 2.75) is 18.0 Å². The number of sulfonamides is 1. The Labute approximate surface area is 189 Å². The van der Waals surface area contributed by atoms with Crippen molar-refractivity contribution in [2.75, 3.05) is 36.4 Å². The number of pyridine rings is 1. The summed E-state index contributed by atoms with van der Waals surface area (Å²) in [6.45, 7) is 2.48. The Morgan fingerprint density at radius 2 is 1.61 bits per heavy atom. The van der Waals surface area contributed by atoms with Crippen molar-refractivity contribution >= 4 is 27.5 Å². The molecule has 1 N–H and O–H groups in total. The fraction of sp³-hybridized carbons (Fsp3) is 0.286. The van der Waals surface area contributed by atoms with Crippen LogP contribution in [0, 0.1) is 6.92 Å². The average Bonchev–Trinajstić information content (AvgIpc) is 2.79. The van der Waals surface area contributed by atoms with Gasteiger partial charge in [0, 0.05) is 31.9 Å². The van der Waals surface area contributed by atoms with Crippen LogP contribution < -0.4 is 10.2 Å². The van der Waals surface area contributed by atoms with Gasteiger partial charge in [0.25, 0.3) is 0 Å². The Hall–Kier alpha value is -3.25. The third kappa shape index (κ3) is 5.06. The van der Waals surface area contributed by atoms with Gasteiger partial charge in [0.2, 0.25) is 10.0 Å². The largest absolute Gasteiger partial charge is 0.417 e.